The SMILES string of the molecule is O=C1CCC(C(=O)N2CSC[C@@H]2C(=O)Nc2ccc3c(c2)OCCO3)N1. The topological polar surface area (TPSA) is 97.0 Å². The summed E-state index contributed by atoms with van der Waals surface area (Å²) in [5.74, 6) is 1.67. The zero-order chi connectivity index (χ0) is 18.1. The monoisotopic (exact) mass is 377 g/mol. The summed E-state index contributed by atoms with van der Waals surface area (Å²) in [6, 6.07) is 4.14. The van der Waals surface area contributed by atoms with Crippen LogP contribution < -0.4 is 20.1 Å². The van der Waals surface area contributed by atoms with Gasteiger partial charge in [-0.2, -0.15) is 0 Å². The van der Waals surface area contributed by atoms with Crippen molar-refractivity contribution in [2.45, 2.75) is 24.9 Å². The van der Waals surface area contributed by atoms with Gasteiger partial charge in [0.25, 0.3) is 0 Å². The molecule has 4 rings (SSSR count). The maximum atomic E-state index is 12.7. The van der Waals surface area contributed by atoms with Gasteiger partial charge in [0.15, 0.2) is 11.5 Å². The highest BCUT2D eigenvalue weighted by Crippen LogP contribution is 2.33. The molecule has 0 aliphatic carbocycles. The van der Waals surface area contributed by atoms with E-state index in [1.54, 1.807) is 23.1 Å². The summed E-state index contributed by atoms with van der Waals surface area (Å²) in [6.45, 7) is 0.978. The molecule has 8 nitrogen and oxygen atoms in total. The van der Waals surface area contributed by atoms with Crippen molar-refractivity contribution in [1.82, 2.24) is 10.2 Å². The molecule has 0 spiro atoms. The number of ether oxygens (including phenoxy) is 2. The molecule has 1 aromatic rings. The van der Waals surface area contributed by atoms with Gasteiger partial charge in [-0.05, 0) is 18.6 Å². The van der Waals surface area contributed by atoms with Crippen molar-refractivity contribution in [2.24, 2.45) is 0 Å². The molecule has 1 aromatic carbocycles. The maximum Gasteiger partial charge on any atom is 0.248 e. The first-order valence-corrected chi connectivity index (χ1v) is 9.65. The highest BCUT2D eigenvalue weighted by molar-refractivity contribution is 7.99. The molecule has 3 aliphatic heterocycles. The lowest BCUT2D eigenvalue weighted by Crippen LogP contribution is -2.50. The number of nitrogens with zero attached hydrogens (tertiary/aromatic N) is 1. The van der Waals surface area contributed by atoms with Crippen LogP contribution >= 0.6 is 11.8 Å². The molecule has 138 valence electrons. The predicted molar refractivity (Wildman–Crippen MR) is 95.2 cm³/mol. The molecule has 9 heteroatoms. The number of thioether (sulfide) groups is 1. The van der Waals surface area contributed by atoms with E-state index in [4.69, 9.17) is 9.47 Å². The molecule has 3 heterocycles. The lowest BCUT2D eigenvalue weighted by molar-refractivity contribution is -0.138. The zero-order valence-corrected chi connectivity index (χ0v) is 14.8. The number of rotatable bonds is 3. The number of fused-ring (bicyclic) bond motifs is 1. The van der Waals surface area contributed by atoms with Crippen molar-refractivity contribution >= 4 is 35.2 Å². The quantitative estimate of drug-likeness (QED) is 0.800. The third kappa shape index (κ3) is 3.31. The van der Waals surface area contributed by atoms with E-state index in [9.17, 15) is 14.4 Å². The third-order valence-electron chi connectivity index (χ3n) is 4.57. The average Bonchev–Trinajstić information content (AvgIpc) is 3.30. The van der Waals surface area contributed by atoms with Crippen LogP contribution in [0.25, 0.3) is 0 Å². The molecule has 2 atom stereocenters. The van der Waals surface area contributed by atoms with E-state index < -0.39 is 12.1 Å². The van der Waals surface area contributed by atoms with E-state index in [0.717, 1.165) is 0 Å². The second kappa shape index (κ2) is 7.06. The summed E-state index contributed by atoms with van der Waals surface area (Å²) < 4.78 is 11.0. The van der Waals surface area contributed by atoms with E-state index >= 15 is 0 Å². The first-order valence-electron chi connectivity index (χ1n) is 8.50. The fraction of sp³-hybridized carbons (Fsp3) is 0.471. The van der Waals surface area contributed by atoms with Crippen LogP contribution in [0, 0.1) is 0 Å². The third-order valence-corrected chi connectivity index (χ3v) is 5.58. The fourth-order valence-electron chi connectivity index (χ4n) is 3.22. The van der Waals surface area contributed by atoms with Crippen LogP contribution in [0.1, 0.15) is 12.8 Å². The maximum absolute atomic E-state index is 12.7. The predicted octanol–water partition coefficient (Wildman–Crippen LogP) is 0.576. The number of nitrogens with one attached hydrogen (secondary N) is 2. The van der Waals surface area contributed by atoms with E-state index in [1.807, 2.05) is 0 Å². The second-order valence-corrected chi connectivity index (χ2v) is 7.33. The van der Waals surface area contributed by atoms with Crippen LogP contribution in [-0.4, -0.2) is 59.5 Å². The molecule has 2 N–H and O–H groups in total. The number of benzene rings is 1. The van der Waals surface area contributed by atoms with E-state index in [2.05, 4.69) is 10.6 Å². The Morgan fingerprint density at radius 1 is 1.23 bits per heavy atom. The summed E-state index contributed by atoms with van der Waals surface area (Å²) in [5, 5.41) is 5.52. The Bertz CT molecular complexity index is 756. The molecule has 26 heavy (non-hydrogen) atoms. The van der Waals surface area contributed by atoms with Crippen molar-refractivity contribution in [3.8, 4) is 11.5 Å². The van der Waals surface area contributed by atoms with Gasteiger partial charge in [-0.25, -0.2) is 0 Å². The number of amides is 3. The molecule has 1 unspecified atom stereocenters. The van der Waals surface area contributed by atoms with Gasteiger partial charge in [-0.15, -0.1) is 11.8 Å². The molecule has 2 fully saturated rings. The number of anilines is 1. The highest BCUT2D eigenvalue weighted by atomic mass is 32.2. The first-order chi connectivity index (χ1) is 12.6. The molecular weight excluding hydrogens is 358 g/mol. The van der Waals surface area contributed by atoms with Gasteiger partial charge < -0.3 is 25.0 Å². The van der Waals surface area contributed by atoms with Crippen LogP contribution in [0.15, 0.2) is 18.2 Å². The highest BCUT2D eigenvalue weighted by Gasteiger charge is 2.39. The minimum atomic E-state index is -0.557. The largest absolute Gasteiger partial charge is 0.486 e. The summed E-state index contributed by atoms with van der Waals surface area (Å²) in [5.41, 5.74) is 0.595. The molecule has 0 saturated carbocycles. The molecule has 0 bridgehead atoms. The van der Waals surface area contributed by atoms with Gasteiger partial charge in [0.05, 0.1) is 5.88 Å². The fourth-order valence-corrected chi connectivity index (χ4v) is 4.39. The van der Waals surface area contributed by atoms with Gasteiger partial charge >= 0.3 is 0 Å². The summed E-state index contributed by atoms with van der Waals surface area (Å²) in [4.78, 5) is 38.2. The van der Waals surface area contributed by atoms with Crippen molar-refractivity contribution in [3.63, 3.8) is 0 Å². The van der Waals surface area contributed by atoms with Gasteiger partial charge in [0, 0.05) is 23.9 Å². The number of carbonyl (C=O) groups is 3. The summed E-state index contributed by atoms with van der Waals surface area (Å²) in [7, 11) is 0. The smallest absolute Gasteiger partial charge is 0.248 e. The van der Waals surface area contributed by atoms with E-state index in [0.29, 0.717) is 54.9 Å². The van der Waals surface area contributed by atoms with Crippen LogP contribution in [0.5, 0.6) is 11.5 Å². The lowest BCUT2D eigenvalue weighted by Gasteiger charge is -2.26. The number of hydrogen-bond donors (Lipinski definition) is 2. The minimum Gasteiger partial charge on any atom is -0.486 e. The molecule has 3 aliphatic rings. The van der Waals surface area contributed by atoms with Crippen LogP contribution in [0.2, 0.25) is 0 Å². The van der Waals surface area contributed by atoms with Gasteiger partial charge in [0.2, 0.25) is 17.7 Å². The zero-order valence-electron chi connectivity index (χ0n) is 14.0. The Hall–Kier alpha value is -2.42. The number of hydrogen-bond acceptors (Lipinski definition) is 6. The van der Waals surface area contributed by atoms with Gasteiger partial charge in [0.1, 0.15) is 25.3 Å². The van der Waals surface area contributed by atoms with Gasteiger partial charge in [-0.3, -0.25) is 14.4 Å². The normalized spacial score (nSPS) is 24.3. The van der Waals surface area contributed by atoms with E-state index in [-0.39, 0.29) is 17.7 Å². The average molecular weight is 377 g/mol. The van der Waals surface area contributed by atoms with Crippen LogP contribution in [-0.2, 0) is 14.4 Å². The second-order valence-electron chi connectivity index (χ2n) is 6.33. The first kappa shape index (κ1) is 17.0. The molecule has 0 aromatic heterocycles. The van der Waals surface area contributed by atoms with Crippen molar-refractivity contribution in [2.75, 3.05) is 30.2 Å². The lowest BCUT2D eigenvalue weighted by atomic mass is 10.1. The Morgan fingerprint density at radius 3 is 2.81 bits per heavy atom. The molecule has 2 saturated heterocycles. The summed E-state index contributed by atoms with van der Waals surface area (Å²) in [6.07, 6.45) is 0.834. The Kier molecular flexibility index (Phi) is 4.62. The van der Waals surface area contributed by atoms with Crippen LogP contribution in [0.3, 0.4) is 0 Å². The summed E-state index contributed by atoms with van der Waals surface area (Å²) >= 11 is 1.53. The molecule has 3 amide bonds. The number of carbonyl (C=O) groups excluding carboxylic acids is 3. The molecule has 0 radical (unpaired) electrons. The van der Waals surface area contributed by atoms with Crippen molar-refractivity contribution < 1.29 is 23.9 Å². The van der Waals surface area contributed by atoms with Crippen molar-refractivity contribution in [1.29, 1.82) is 0 Å². The Morgan fingerprint density at radius 2 is 2.04 bits per heavy atom. The standard InChI is InChI=1S/C17H19N3O5S/c21-15-4-2-11(19-15)17(23)20-9-26-8-12(20)16(22)18-10-1-3-13-14(7-10)25-6-5-24-13/h1,3,7,11-12H,2,4-6,8-9H2,(H,18,22)(H,19,21)/t11?,12-/m1/s1. The Balaban J connectivity index is 1.43. The van der Waals surface area contributed by atoms with Gasteiger partial charge in [-0.1, -0.05) is 0 Å². The van der Waals surface area contributed by atoms with Crippen LogP contribution in [0.4, 0.5) is 5.69 Å². The van der Waals surface area contributed by atoms with Crippen molar-refractivity contribution in [3.05, 3.63) is 18.2 Å². The molecular formula is C17H19N3O5S. The Labute approximate surface area is 154 Å². The van der Waals surface area contributed by atoms with E-state index in [1.165, 1.54) is 11.8 Å². The minimum absolute atomic E-state index is 0.118.